The van der Waals surface area contributed by atoms with Crippen LogP contribution in [0.1, 0.15) is 62.0 Å². The maximum absolute atomic E-state index is 12.5. The van der Waals surface area contributed by atoms with Crippen molar-refractivity contribution in [1.29, 1.82) is 0 Å². The SMILES string of the molecule is O=C(CC1CCCc2ccccc21)NC1CC2CCC(C1)N2. The van der Waals surface area contributed by atoms with Gasteiger partial charge in [-0.2, -0.15) is 0 Å². The summed E-state index contributed by atoms with van der Waals surface area (Å²) in [6.45, 7) is 0. The maximum atomic E-state index is 12.5. The maximum Gasteiger partial charge on any atom is 0.220 e. The number of fused-ring (bicyclic) bond motifs is 3. The highest BCUT2D eigenvalue weighted by Crippen LogP contribution is 2.34. The molecule has 2 saturated heterocycles. The van der Waals surface area contributed by atoms with Gasteiger partial charge in [0.2, 0.25) is 5.91 Å². The van der Waals surface area contributed by atoms with E-state index in [1.54, 1.807) is 0 Å². The van der Waals surface area contributed by atoms with Gasteiger partial charge in [0, 0.05) is 24.5 Å². The molecular formula is C19H26N2O. The zero-order valence-electron chi connectivity index (χ0n) is 13.2. The van der Waals surface area contributed by atoms with E-state index in [0.717, 1.165) is 19.3 Å². The van der Waals surface area contributed by atoms with Gasteiger partial charge in [-0.1, -0.05) is 24.3 Å². The van der Waals surface area contributed by atoms with Gasteiger partial charge in [0.1, 0.15) is 0 Å². The second-order valence-corrected chi connectivity index (χ2v) is 7.37. The first kappa shape index (κ1) is 14.3. The number of amides is 1. The average Bonchev–Trinajstić information content (AvgIpc) is 2.86. The van der Waals surface area contributed by atoms with Crippen LogP contribution in [-0.4, -0.2) is 24.0 Å². The summed E-state index contributed by atoms with van der Waals surface area (Å²) in [7, 11) is 0. The van der Waals surface area contributed by atoms with Crippen LogP contribution in [0.5, 0.6) is 0 Å². The quantitative estimate of drug-likeness (QED) is 0.901. The Kier molecular flexibility index (Phi) is 3.91. The van der Waals surface area contributed by atoms with Gasteiger partial charge in [0.25, 0.3) is 0 Å². The summed E-state index contributed by atoms with van der Waals surface area (Å²) in [5.41, 5.74) is 2.86. The molecule has 4 rings (SSSR count). The molecule has 0 aromatic heterocycles. The van der Waals surface area contributed by atoms with Crippen molar-refractivity contribution in [2.45, 2.75) is 75.4 Å². The van der Waals surface area contributed by atoms with Gasteiger partial charge >= 0.3 is 0 Å². The third kappa shape index (κ3) is 2.91. The molecule has 3 nitrogen and oxygen atoms in total. The van der Waals surface area contributed by atoms with Gasteiger partial charge in [-0.25, -0.2) is 0 Å². The minimum absolute atomic E-state index is 0.257. The van der Waals surface area contributed by atoms with Crippen LogP contribution >= 0.6 is 0 Å². The van der Waals surface area contributed by atoms with Crippen molar-refractivity contribution in [2.75, 3.05) is 0 Å². The molecule has 1 aromatic carbocycles. The van der Waals surface area contributed by atoms with Gasteiger partial charge in [0.05, 0.1) is 0 Å². The largest absolute Gasteiger partial charge is 0.353 e. The zero-order chi connectivity index (χ0) is 14.9. The number of piperidine rings is 1. The van der Waals surface area contributed by atoms with E-state index in [1.807, 2.05) is 0 Å². The second-order valence-electron chi connectivity index (χ2n) is 7.37. The molecule has 0 spiro atoms. The molecule has 2 fully saturated rings. The van der Waals surface area contributed by atoms with E-state index < -0.39 is 0 Å². The van der Waals surface area contributed by atoms with Crippen LogP contribution in [0.4, 0.5) is 0 Å². The Morgan fingerprint density at radius 1 is 1.14 bits per heavy atom. The zero-order valence-corrected chi connectivity index (χ0v) is 13.2. The summed E-state index contributed by atoms with van der Waals surface area (Å²) >= 11 is 0. The van der Waals surface area contributed by atoms with Gasteiger partial charge in [0.15, 0.2) is 0 Å². The monoisotopic (exact) mass is 298 g/mol. The fraction of sp³-hybridized carbons (Fsp3) is 0.632. The van der Waals surface area contributed by atoms with E-state index in [4.69, 9.17) is 0 Å². The van der Waals surface area contributed by atoms with Crippen LogP contribution < -0.4 is 10.6 Å². The molecule has 2 heterocycles. The number of carbonyl (C=O) groups is 1. The van der Waals surface area contributed by atoms with E-state index >= 15 is 0 Å². The molecule has 1 aromatic rings. The lowest BCUT2D eigenvalue weighted by Gasteiger charge is -2.31. The Labute approximate surface area is 132 Å². The lowest BCUT2D eigenvalue weighted by molar-refractivity contribution is -0.122. The molecule has 3 heteroatoms. The average molecular weight is 298 g/mol. The Balaban J connectivity index is 1.37. The molecule has 1 amide bonds. The van der Waals surface area contributed by atoms with Crippen molar-refractivity contribution in [2.24, 2.45) is 0 Å². The number of carbonyl (C=O) groups excluding carboxylic acids is 1. The molecule has 3 unspecified atom stereocenters. The van der Waals surface area contributed by atoms with E-state index in [2.05, 4.69) is 34.9 Å². The van der Waals surface area contributed by atoms with Crippen LogP contribution in [0.2, 0.25) is 0 Å². The molecule has 1 aliphatic carbocycles. The standard InChI is InChI=1S/C19H26N2O/c22-19(21-17-11-15-8-9-16(12-17)20-15)10-14-6-3-5-13-4-1-2-7-18(13)14/h1-2,4,7,14-17,20H,3,5-6,8-12H2,(H,21,22). The number of benzene rings is 1. The van der Waals surface area contributed by atoms with E-state index in [9.17, 15) is 4.79 Å². The molecule has 2 aliphatic heterocycles. The molecule has 0 saturated carbocycles. The number of aryl methyl sites for hydroxylation is 1. The highest BCUT2D eigenvalue weighted by molar-refractivity contribution is 5.77. The van der Waals surface area contributed by atoms with Crippen LogP contribution in [0.25, 0.3) is 0 Å². The fourth-order valence-electron chi connectivity index (χ4n) is 4.75. The second kappa shape index (κ2) is 6.04. The highest BCUT2D eigenvalue weighted by Gasteiger charge is 2.34. The molecule has 3 atom stereocenters. The summed E-state index contributed by atoms with van der Waals surface area (Å²) in [4.78, 5) is 12.5. The molecule has 2 bridgehead atoms. The van der Waals surface area contributed by atoms with Gasteiger partial charge in [-0.3, -0.25) is 4.79 Å². The summed E-state index contributed by atoms with van der Waals surface area (Å²) < 4.78 is 0. The summed E-state index contributed by atoms with van der Waals surface area (Å²) in [5, 5.41) is 6.96. The molecule has 22 heavy (non-hydrogen) atoms. The first-order valence-corrected chi connectivity index (χ1v) is 8.91. The van der Waals surface area contributed by atoms with Crippen molar-refractivity contribution >= 4 is 5.91 Å². The minimum Gasteiger partial charge on any atom is -0.353 e. The predicted molar refractivity (Wildman–Crippen MR) is 87.8 cm³/mol. The number of hydrogen-bond donors (Lipinski definition) is 2. The van der Waals surface area contributed by atoms with Crippen molar-refractivity contribution in [3.63, 3.8) is 0 Å². The first-order valence-electron chi connectivity index (χ1n) is 8.91. The van der Waals surface area contributed by atoms with E-state index in [-0.39, 0.29) is 5.91 Å². The van der Waals surface area contributed by atoms with Crippen molar-refractivity contribution < 1.29 is 4.79 Å². The predicted octanol–water partition coefficient (Wildman–Crippen LogP) is 2.90. The Morgan fingerprint density at radius 3 is 2.73 bits per heavy atom. The van der Waals surface area contributed by atoms with Crippen molar-refractivity contribution in [3.8, 4) is 0 Å². The fourth-order valence-corrected chi connectivity index (χ4v) is 4.75. The molecular weight excluding hydrogens is 272 g/mol. The molecule has 3 aliphatic rings. The topological polar surface area (TPSA) is 41.1 Å². The number of hydrogen-bond acceptors (Lipinski definition) is 2. The Morgan fingerprint density at radius 2 is 1.91 bits per heavy atom. The minimum atomic E-state index is 0.257. The normalized spacial score (nSPS) is 33.3. The van der Waals surface area contributed by atoms with Crippen molar-refractivity contribution in [3.05, 3.63) is 35.4 Å². The van der Waals surface area contributed by atoms with Crippen LogP contribution in [0, 0.1) is 0 Å². The van der Waals surface area contributed by atoms with Crippen LogP contribution in [-0.2, 0) is 11.2 Å². The van der Waals surface area contributed by atoms with E-state index in [1.165, 1.54) is 36.8 Å². The summed E-state index contributed by atoms with van der Waals surface area (Å²) in [5.74, 6) is 0.677. The smallest absolute Gasteiger partial charge is 0.220 e. The highest BCUT2D eigenvalue weighted by atomic mass is 16.1. The molecule has 118 valence electrons. The first-order chi connectivity index (χ1) is 10.8. The Bertz CT molecular complexity index is 544. The molecule has 0 radical (unpaired) electrons. The van der Waals surface area contributed by atoms with E-state index in [0.29, 0.717) is 30.5 Å². The van der Waals surface area contributed by atoms with Crippen LogP contribution in [0.3, 0.4) is 0 Å². The third-order valence-electron chi connectivity index (χ3n) is 5.76. The van der Waals surface area contributed by atoms with Crippen molar-refractivity contribution in [1.82, 2.24) is 10.6 Å². The lowest BCUT2D eigenvalue weighted by Crippen LogP contribution is -2.48. The van der Waals surface area contributed by atoms with Gasteiger partial charge < -0.3 is 10.6 Å². The van der Waals surface area contributed by atoms with Gasteiger partial charge in [-0.15, -0.1) is 0 Å². The van der Waals surface area contributed by atoms with Gasteiger partial charge in [-0.05, 0) is 62.0 Å². The summed E-state index contributed by atoms with van der Waals surface area (Å²) in [6, 6.07) is 10.3. The third-order valence-corrected chi connectivity index (χ3v) is 5.76. The molecule has 2 N–H and O–H groups in total. The summed E-state index contributed by atoms with van der Waals surface area (Å²) in [6.07, 6.45) is 9.00. The number of nitrogens with one attached hydrogen (secondary N) is 2. The number of rotatable bonds is 3. The van der Waals surface area contributed by atoms with Crippen LogP contribution in [0.15, 0.2) is 24.3 Å². The Hall–Kier alpha value is -1.35. The lowest BCUT2D eigenvalue weighted by atomic mass is 9.81.